The Labute approximate surface area is 169 Å². The zero-order valence-electron chi connectivity index (χ0n) is 17.4. The van der Waals surface area contributed by atoms with Gasteiger partial charge in [-0.05, 0) is 57.2 Å². The highest BCUT2D eigenvalue weighted by molar-refractivity contribution is 7.90. The van der Waals surface area contributed by atoms with Gasteiger partial charge in [0.05, 0.1) is 17.5 Å². The SMILES string of the molecule is CCNC(=NCc1ccc(S(C)(=O)=O)c(C)c1)NC1CC(OCC)C12CCC2. The van der Waals surface area contributed by atoms with Crippen LogP contribution in [-0.2, 0) is 21.1 Å². The first-order chi connectivity index (χ1) is 13.3. The molecule has 7 heteroatoms. The van der Waals surface area contributed by atoms with Crippen molar-refractivity contribution < 1.29 is 13.2 Å². The summed E-state index contributed by atoms with van der Waals surface area (Å²) in [6.07, 6.45) is 6.37. The van der Waals surface area contributed by atoms with Gasteiger partial charge in [0.25, 0.3) is 0 Å². The van der Waals surface area contributed by atoms with E-state index in [0.29, 0.717) is 23.6 Å². The molecule has 1 aromatic rings. The van der Waals surface area contributed by atoms with Crippen LogP contribution in [0.4, 0.5) is 0 Å². The highest BCUT2D eigenvalue weighted by atomic mass is 32.2. The van der Waals surface area contributed by atoms with Gasteiger partial charge in [-0.25, -0.2) is 13.4 Å². The molecule has 2 atom stereocenters. The summed E-state index contributed by atoms with van der Waals surface area (Å²) in [6.45, 7) is 8.04. The van der Waals surface area contributed by atoms with Crippen molar-refractivity contribution in [1.82, 2.24) is 10.6 Å². The van der Waals surface area contributed by atoms with Crippen molar-refractivity contribution in [2.24, 2.45) is 10.4 Å². The zero-order valence-corrected chi connectivity index (χ0v) is 18.2. The molecule has 0 bridgehead atoms. The number of rotatable bonds is 7. The van der Waals surface area contributed by atoms with Crippen LogP contribution < -0.4 is 10.6 Å². The quantitative estimate of drug-likeness (QED) is 0.537. The Bertz CT molecular complexity index is 831. The van der Waals surface area contributed by atoms with Crippen LogP contribution in [0.15, 0.2) is 28.1 Å². The lowest BCUT2D eigenvalue weighted by molar-refractivity contribution is -0.168. The van der Waals surface area contributed by atoms with Crippen LogP contribution in [0.2, 0.25) is 0 Å². The van der Waals surface area contributed by atoms with Gasteiger partial charge in [0.1, 0.15) is 0 Å². The third-order valence-electron chi connectivity index (χ3n) is 6.15. The Morgan fingerprint density at radius 3 is 2.61 bits per heavy atom. The fourth-order valence-corrected chi connectivity index (χ4v) is 5.48. The predicted molar refractivity (Wildman–Crippen MR) is 112 cm³/mol. The molecule has 3 rings (SSSR count). The van der Waals surface area contributed by atoms with Gasteiger partial charge < -0.3 is 15.4 Å². The molecule has 0 heterocycles. The topological polar surface area (TPSA) is 79.8 Å². The van der Waals surface area contributed by atoms with Gasteiger partial charge in [-0.1, -0.05) is 18.6 Å². The van der Waals surface area contributed by atoms with Crippen LogP contribution >= 0.6 is 0 Å². The average Bonchev–Trinajstić information content (AvgIpc) is 2.56. The normalized spacial score (nSPS) is 23.8. The van der Waals surface area contributed by atoms with E-state index in [1.165, 1.54) is 25.5 Å². The molecule has 2 aliphatic carbocycles. The maximum atomic E-state index is 11.8. The maximum absolute atomic E-state index is 11.8. The van der Waals surface area contributed by atoms with Gasteiger partial charge in [-0.2, -0.15) is 0 Å². The third-order valence-corrected chi connectivity index (χ3v) is 7.41. The molecule has 1 spiro atoms. The smallest absolute Gasteiger partial charge is 0.191 e. The van der Waals surface area contributed by atoms with Gasteiger partial charge >= 0.3 is 0 Å². The Morgan fingerprint density at radius 2 is 2.07 bits per heavy atom. The Kier molecular flexibility index (Phi) is 6.34. The Balaban J connectivity index is 1.68. The van der Waals surface area contributed by atoms with E-state index in [9.17, 15) is 8.42 Å². The van der Waals surface area contributed by atoms with Crippen molar-refractivity contribution in [3.63, 3.8) is 0 Å². The van der Waals surface area contributed by atoms with E-state index in [-0.39, 0.29) is 5.41 Å². The summed E-state index contributed by atoms with van der Waals surface area (Å²) in [5, 5.41) is 6.96. The number of guanidine groups is 1. The number of hydrogen-bond donors (Lipinski definition) is 2. The number of hydrogen-bond acceptors (Lipinski definition) is 4. The van der Waals surface area contributed by atoms with Gasteiger partial charge in [-0.3, -0.25) is 0 Å². The van der Waals surface area contributed by atoms with E-state index in [1.54, 1.807) is 6.07 Å². The zero-order chi connectivity index (χ0) is 20.4. The minimum atomic E-state index is -3.19. The minimum Gasteiger partial charge on any atom is -0.378 e. The van der Waals surface area contributed by atoms with Crippen LogP contribution in [0, 0.1) is 12.3 Å². The van der Waals surface area contributed by atoms with Crippen LogP contribution in [0.25, 0.3) is 0 Å². The first kappa shape index (κ1) is 21.1. The summed E-state index contributed by atoms with van der Waals surface area (Å²) in [6, 6.07) is 5.84. The third kappa shape index (κ3) is 4.20. The van der Waals surface area contributed by atoms with E-state index in [2.05, 4.69) is 24.5 Å². The van der Waals surface area contributed by atoms with Crippen LogP contribution in [0.1, 0.15) is 50.7 Å². The number of benzene rings is 1. The highest BCUT2D eigenvalue weighted by Crippen LogP contribution is 2.57. The molecule has 0 aromatic heterocycles. The van der Waals surface area contributed by atoms with Gasteiger partial charge in [-0.15, -0.1) is 0 Å². The fourth-order valence-electron chi connectivity index (χ4n) is 4.52. The summed E-state index contributed by atoms with van der Waals surface area (Å²) < 4.78 is 29.5. The molecular formula is C21H33N3O3S. The molecule has 2 saturated carbocycles. The Hall–Kier alpha value is -1.60. The van der Waals surface area contributed by atoms with Crippen molar-refractivity contribution in [3.05, 3.63) is 29.3 Å². The largest absolute Gasteiger partial charge is 0.378 e. The average molecular weight is 408 g/mol. The molecule has 156 valence electrons. The van der Waals surface area contributed by atoms with E-state index in [1.807, 2.05) is 19.1 Å². The molecule has 0 amide bonds. The van der Waals surface area contributed by atoms with E-state index < -0.39 is 9.84 Å². The lowest BCUT2D eigenvalue weighted by atomic mass is 9.51. The second-order valence-corrected chi connectivity index (χ2v) is 10.0. The summed E-state index contributed by atoms with van der Waals surface area (Å²) >= 11 is 0. The number of nitrogens with one attached hydrogen (secondary N) is 2. The van der Waals surface area contributed by atoms with E-state index in [4.69, 9.17) is 9.73 Å². The number of aliphatic imine (C=N–C) groups is 1. The summed E-state index contributed by atoms with van der Waals surface area (Å²) in [4.78, 5) is 5.12. The van der Waals surface area contributed by atoms with Gasteiger partial charge in [0.15, 0.2) is 15.8 Å². The number of sulfone groups is 1. The van der Waals surface area contributed by atoms with E-state index in [0.717, 1.165) is 36.7 Å². The molecule has 0 radical (unpaired) electrons. The molecule has 2 unspecified atom stereocenters. The molecule has 6 nitrogen and oxygen atoms in total. The lowest BCUT2D eigenvalue weighted by Gasteiger charge is -2.61. The first-order valence-corrected chi connectivity index (χ1v) is 12.2. The predicted octanol–water partition coefficient (Wildman–Crippen LogP) is 2.80. The number of aryl methyl sites for hydroxylation is 1. The lowest BCUT2D eigenvalue weighted by Crippen LogP contribution is -2.68. The first-order valence-electron chi connectivity index (χ1n) is 10.3. The molecule has 2 fully saturated rings. The summed E-state index contributed by atoms with van der Waals surface area (Å²) in [5.41, 5.74) is 2.04. The van der Waals surface area contributed by atoms with Crippen LogP contribution in [-0.4, -0.2) is 45.9 Å². The van der Waals surface area contributed by atoms with E-state index >= 15 is 0 Å². The molecule has 0 aliphatic heterocycles. The fraction of sp³-hybridized carbons (Fsp3) is 0.667. The second-order valence-electron chi connectivity index (χ2n) is 8.03. The second kappa shape index (κ2) is 8.41. The molecule has 0 saturated heterocycles. The molecule has 2 aliphatic rings. The van der Waals surface area contributed by atoms with Crippen molar-refractivity contribution in [1.29, 1.82) is 0 Å². The van der Waals surface area contributed by atoms with Crippen molar-refractivity contribution in [3.8, 4) is 0 Å². The Morgan fingerprint density at radius 1 is 1.32 bits per heavy atom. The van der Waals surface area contributed by atoms with Crippen molar-refractivity contribution >= 4 is 15.8 Å². The number of ether oxygens (including phenoxy) is 1. The van der Waals surface area contributed by atoms with Crippen LogP contribution in [0.3, 0.4) is 0 Å². The molecule has 1 aromatic carbocycles. The van der Waals surface area contributed by atoms with Gasteiger partial charge in [0.2, 0.25) is 0 Å². The highest BCUT2D eigenvalue weighted by Gasteiger charge is 2.59. The standard InChI is InChI=1S/C21H33N3O3S/c1-5-22-20(24-18-13-19(27-6-2)21(18)10-7-11-21)23-14-16-8-9-17(15(3)12-16)28(4,25)26/h8-9,12,18-19H,5-7,10-11,13-14H2,1-4H3,(H2,22,23,24). The summed E-state index contributed by atoms with van der Waals surface area (Å²) in [5.74, 6) is 0.818. The maximum Gasteiger partial charge on any atom is 0.191 e. The minimum absolute atomic E-state index is 0.278. The number of nitrogens with zero attached hydrogens (tertiary/aromatic N) is 1. The monoisotopic (exact) mass is 407 g/mol. The molecular weight excluding hydrogens is 374 g/mol. The van der Waals surface area contributed by atoms with Gasteiger partial charge in [0, 0.05) is 30.9 Å². The van der Waals surface area contributed by atoms with Crippen LogP contribution in [0.5, 0.6) is 0 Å². The van der Waals surface area contributed by atoms with Crippen molar-refractivity contribution in [2.75, 3.05) is 19.4 Å². The molecule has 28 heavy (non-hydrogen) atoms. The summed E-state index contributed by atoms with van der Waals surface area (Å²) in [7, 11) is -3.19. The van der Waals surface area contributed by atoms with Crippen molar-refractivity contribution in [2.45, 2.75) is 70.0 Å². The molecule has 2 N–H and O–H groups in total.